The van der Waals surface area contributed by atoms with Crippen molar-refractivity contribution in [2.45, 2.75) is 63.5 Å². The van der Waals surface area contributed by atoms with Crippen LogP contribution in [0.1, 0.15) is 50.5 Å². The molecule has 1 saturated heterocycles. The van der Waals surface area contributed by atoms with Gasteiger partial charge in [0.05, 0.1) is 24.6 Å². The molecule has 3 atom stereocenters. The molecule has 3 rings (SSSR count). The highest BCUT2D eigenvalue weighted by molar-refractivity contribution is 5.86. The number of nitrogens with zero attached hydrogens (tertiary/aromatic N) is 1. The quantitative estimate of drug-likeness (QED) is 0.521. The normalized spacial score (nSPS) is 24.3. The first-order valence-electron chi connectivity index (χ1n) is 11.6. The van der Waals surface area contributed by atoms with Gasteiger partial charge >= 0.3 is 5.97 Å². The Balaban J connectivity index is 1.65. The summed E-state index contributed by atoms with van der Waals surface area (Å²) in [4.78, 5) is 39.8. The van der Waals surface area contributed by atoms with Crippen LogP contribution in [-0.4, -0.2) is 59.6 Å². The van der Waals surface area contributed by atoms with Gasteiger partial charge in [-0.2, -0.15) is 0 Å². The van der Waals surface area contributed by atoms with E-state index in [4.69, 9.17) is 4.74 Å². The molecule has 1 fully saturated rings. The van der Waals surface area contributed by atoms with Gasteiger partial charge in [0.2, 0.25) is 11.8 Å². The maximum atomic E-state index is 13.3. The van der Waals surface area contributed by atoms with Crippen molar-refractivity contribution in [1.29, 1.82) is 0 Å². The smallest absolute Gasteiger partial charge is 0.305 e. The van der Waals surface area contributed by atoms with Crippen LogP contribution in [0.3, 0.4) is 0 Å². The number of carbonyl (C=O) groups excluding carboxylic acids is 3. The fourth-order valence-electron chi connectivity index (χ4n) is 4.38. The Morgan fingerprint density at radius 1 is 1.19 bits per heavy atom. The molecule has 0 aliphatic carbocycles. The maximum Gasteiger partial charge on any atom is 0.305 e. The molecular formula is C25H34N2O5. The van der Waals surface area contributed by atoms with Crippen LogP contribution >= 0.6 is 0 Å². The zero-order valence-electron chi connectivity index (χ0n) is 18.6. The number of aliphatic hydroxyl groups is 1. The van der Waals surface area contributed by atoms with Crippen molar-refractivity contribution in [1.82, 2.24) is 10.2 Å². The molecule has 0 bridgehead atoms. The number of hydrogen-bond acceptors (Lipinski definition) is 5. The van der Waals surface area contributed by atoms with Crippen LogP contribution < -0.4 is 5.32 Å². The summed E-state index contributed by atoms with van der Waals surface area (Å²) < 4.78 is 5.39. The van der Waals surface area contributed by atoms with Gasteiger partial charge in [0, 0.05) is 19.4 Å². The van der Waals surface area contributed by atoms with Crippen molar-refractivity contribution in [3.63, 3.8) is 0 Å². The number of benzene rings is 1. The van der Waals surface area contributed by atoms with Crippen molar-refractivity contribution in [2.75, 3.05) is 19.8 Å². The predicted molar refractivity (Wildman–Crippen MR) is 121 cm³/mol. The average molecular weight is 443 g/mol. The molecule has 174 valence electrons. The van der Waals surface area contributed by atoms with Crippen LogP contribution in [-0.2, 0) is 25.5 Å². The van der Waals surface area contributed by atoms with Crippen molar-refractivity contribution < 1.29 is 24.2 Å². The van der Waals surface area contributed by atoms with E-state index in [0.29, 0.717) is 32.2 Å². The van der Waals surface area contributed by atoms with E-state index < -0.39 is 12.0 Å². The monoisotopic (exact) mass is 442 g/mol. The molecule has 2 aliphatic rings. The Labute approximate surface area is 189 Å². The molecule has 1 aromatic carbocycles. The second-order valence-electron chi connectivity index (χ2n) is 8.65. The Kier molecular flexibility index (Phi) is 9.28. The number of carbonyl (C=O) groups is 3. The molecule has 0 unspecified atom stereocenters. The lowest BCUT2D eigenvalue weighted by Gasteiger charge is -2.28. The van der Waals surface area contributed by atoms with Gasteiger partial charge in [0.15, 0.2) is 0 Å². The molecule has 7 nitrogen and oxygen atoms in total. The van der Waals surface area contributed by atoms with Crippen LogP contribution in [0.15, 0.2) is 42.5 Å². The molecule has 2 amide bonds. The molecular weight excluding hydrogens is 408 g/mol. The fourth-order valence-corrected chi connectivity index (χ4v) is 4.38. The van der Waals surface area contributed by atoms with Gasteiger partial charge in [-0.15, -0.1) is 0 Å². The van der Waals surface area contributed by atoms with E-state index in [1.165, 1.54) is 0 Å². The number of amides is 2. The standard InChI is InChI=1S/C25H34N2O5/c28-17-21(15-19-9-4-3-5-10-19)26-23(29)16-20-11-6-1-2-7-13-24(30)32-18-22-12-8-14-27(22)25(20)31/h1,3-6,9-10,20-22,28H,2,7-8,11-18H2,(H,26,29)/b6-1+/t20-,21-,22-/m0/s1. The van der Waals surface area contributed by atoms with Crippen molar-refractivity contribution in [2.24, 2.45) is 5.92 Å². The first-order valence-corrected chi connectivity index (χ1v) is 11.6. The number of hydrogen-bond donors (Lipinski definition) is 2. The SMILES string of the molecule is O=C(C[C@@H]1C/C=C/CCCC(=O)OC[C@@H]2CCCN2C1=O)N[C@H](CO)Cc1ccccc1. The zero-order valence-corrected chi connectivity index (χ0v) is 18.6. The number of nitrogens with one attached hydrogen (secondary N) is 1. The van der Waals surface area contributed by atoms with E-state index in [9.17, 15) is 19.5 Å². The average Bonchev–Trinajstić information content (AvgIpc) is 3.27. The molecule has 0 saturated carbocycles. The maximum absolute atomic E-state index is 13.3. The summed E-state index contributed by atoms with van der Waals surface area (Å²) in [6, 6.07) is 9.17. The van der Waals surface area contributed by atoms with Crippen molar-refractivity contribution in [3.05, 3.63) is 48.0 Å². The number of allylic oxidation sites excluding steroid dienone is 2. The molecule has 1 aromatic rings. The van der Waals surface area contributed by atoms with Gasteiger partial charge < -0.3 is 20.1 Å². The molecule has 32 heavy (non-hydrogen) atoms. The first kappa shape index (κ1) is 24.0. The van der Waals surface area contributed by atoms with Gasteiger partial charge in [0.1, 0.15) is 6.61 Å². The fraction of sp³-hybridized carbons (Fsp3) is 0.560. The molecule has 2 aliphatic heterocycles. The lowest BCUT2D eigenvalue weighted by atomic mass is 9.97. The van der Waals surface area contributed by atoms with Crippen molar-refractivity contribution >= 4 is 17.8 Å². The topological polar surface area (TPSA) is 95.9 Å². The number of aliphatic hydroxyl groups excluding tert-OH is 1. The van der Waals surface area contributed by atoms with E-state index in [0.717, 1.165) is 24.8 Å². The minimum atomic E-state index is -0.473. The molecule has 2 heterocycles. The van der Waals surface area contributed by atoms with E-state index in [-0.39, 0.29) is 43.5 Å². The molecule has 0 spiro atoms. The summed E-state index contributed by atoms with van der Waals surface area (Å²) in [5, 5.41) is 12.6. The van der Waals surface area contributed by atoms with Crippen LogP contribution in [0, 0.1) is 5.92 Å². The predicted octanol–water partition coefficient (Wildman–Crippen LogP) is 2.38. The lowest BCUT2D eigenvalue weighted by molar-refractivity contribution is -0.148. The van der Waals surface area contributed by atoms with E-state index >= 15 is 0 Å². The van der Waals surface area contributed by atoms with Crippen LogP contribution in [0.5, 0.6) is 0 Å². The van der Waals surface area contributed by atoms with Crippen LogP contribution in [0.2, 0.25) is 0 Å². The summed E-state index contributed by atoms with van der Waals surface area (Å²) in [6.45, 7) is 0.676. The summed E-state index contributed by atoms with van der Waals surface area (Å²) in [7, 11) is 0. The third-order valence-electron chi connectivity index (χ3n) is 6.13. The number of fused-ring (bicyclic) bond motifs is 1. The Bertz CT molecular complexity index is 795. The Morgan fingerprint density at radius 3 is 2.78 bits per heavy atom. The zero-order chi connectivity index (χ0) is 22.8. The number of esters is 1. The summed E-state index contributed by atoms with van der Waals surface area (Å²) in [6.07, 6.45) is 8.48. The summed E-state index contributed by atoms with van der Waals surface area (Å²) >= 11 is 0. The second-order valence-corrected chi connectivity index (χ2v) is 8.65. The Hall–Kier alpha value is -2.67. The lowest BCUT2D eigenvalue weighted by Crippen LogP contribution is -2.45. The number of rotatable bonds is 6. The van der Waals surface area contributed by atoms with E-state index in [2.05, 4.69) is 5.32 Å². The Morgan fingerprint density at radius 2 is 2.00 bits per heavy atom. The van der Waals surface area contributed by atoms with Crippen LogP contribution in [0.4, 0.5) is 0 Å². The highest BCUT2D eigenvalue weighted by atomic mass is 16.5. The van der Waals surface area contributed by atoms with Gasteiger partial charge in [-0.25, -0.2) is 0 Å². The first-order chi connectivity index (χ1) is 15.6. The van der Waals surface area contributed by atoms with Crippen molar-refractivity contribution in [3.8, 4) is 0 Å². The number of ether oxygens (including phenoxy) is 1. The largest absolute Gasteiger partial charge is 0.463 e. The minimum absolute atomic E-state index is 0.0637. The van der Waals surface area contributed by atoms with Crippen LogP contribution in [0.25, 0.3) is 0 Å². The molecule has 0 radical (unpaired) electrons. The third kappa shape index (κ3) is 7.19. The number of cyclic esters (lactones) is 1. The van der Waals surface area contributed by atoms with Gasteiger partial charge in [-0.05, 0) is 44.1 Å². The minimum Gasteiger partial charge on any atom is -0.463 e. The third-order valence-corrected chi connectivity index (χ3v) is 6.13. The van der Waals surface area contributed by atoms with E-state index in [1.807, 2.05) is 42.5 Å². The highest BCUT2D eigenvalue weighted by Crippen LogP contribution is 2.24. The molecule has 2 N–H and O–H groups in total. The van der Waals surface area contributed by atoms with Gasteiger partial charge in [0.25, 0.3) is 0 Å². The molecule has 0 aromatic heterocycles. The summed E-state index contributed by atoms with van der Waals surface area (Å²) in [5.41, 5.74) is 1.03. The second kappa shape index (κ2) is 12.4. The highest BCUT2D eigenvalue weighted by Gasteiger charge is 2.34. The molecule has 7 heteroatoms. The van der Waals surface area contributed by atoms with Gasteiger partial charge in [-0.3, -0.25) is 14.4 Å². The summed E-state index contributed by atoms with van der Waals surface area (Å²) in [5.74, 6) is -0.995. The van der Waals surface area contributed by atoms with Gasteiger partial charge in [-0.1, -0.05) is 42.5 Å². The van der Waals surface area contributed by atoms with E-state index in [1.54, 1.807) is 4.90 Å².